The minimum absolute atomic E-state index is 0.158. The van der Waals surface area contributed by atoms with E-state index in [4.69, 9.17) is 15.5 Å². The number of carbonyl (C=O) groups is 1. The van der Waals surface area contributed by atoms with Crippen LogP contribution >= 0.6 is 0 Å². The van der Waals surface area contributed by atoms with E-state index in [1.54, 1.807) is 6.20 Å². The van der Waals surface area contributed by atoms with Gasteiger partial charge in [-0.3, -0.25) is 9.20 Å². The molecule has 3 N–H and O–H groups in total. The molecule has 4 aromatic rings. The lowest BCUT2D eigenvalue weighted by molar-refractivity contribution is 0.0947. The molecule has 1 aliphatic rings. The Balaban J connectivity index is 1.38. The molecule has 0 saturated heterocycles. The number of imidazole rings is 1. The van der Waals surface area contributed by atoms with E-state index in [2.05, 4.69) is 14.7 Å². The van der Waals surface area contributed by atoms with Crippen molar-refractivity contribution in [3.8, 4) is 17.0 Å². The van der Waals surface area contributed by atoms with Crippen LogP contribution in [0.15, 0.2) is 54.9 Å². The third kappa shape index (κ3) is 4.07. The number of nitrogen functional groups attached to an aromatic ring is 1. The zero-order valence-corrected chi connectivity index (χ0v) is 18.9. The zero-order chi connectivity index (χ0) is 23.7. The molecule has 0 spiro atoms. The monoisotopic (exact) mass is 459 g/mol. The Kier molecular flexibility index (Phi) is 5.88. The summed E-state index contributed by atoms with van der Waals surface area (Å²) in [6.07, 6.45) is 8.35. The third-order valence-corrected chi connectivity index (χ3v) is 6.42. The van der Waals surface area contributed by atoms with Crippen molar-refractivity contribution in [3.05, 3.63) is 77.6 Å². The standard InChI is InChI=1S/C26H26FN5O2/c1-34-21-11-10-19(27)14-20(21)26(33)30-15-16-6-8-17(9-7-16)22-23-24(28)29-12-13-32(23)25(31-22)18-4-2-3-5-18/h6-14,18H,2-5,15H2,1H3,(H2,28,29)(H,30,33). The van der Waals surface area contributed by atoms with Crippen molar-refractivity contribution in [1.29, 1.82) is 0 Å². The lowest BCUT2D eigenvalue weighted by Crippen LogP contribution is -2.23. The van der Waals surface area contributed by atoms with Crippen LogP contribution in [0.4, 0.5) is 10.2 Å². The first-order valence-electron chi connectivity index (χ1n) is 11.4. The highest BCUT2D eigenvalue weighted by atomic mass is 19.1. The minimum atomic E-state index is -0.492. The average Bonchev–Trinajstić information content (AvgIpc) is 3.52. The number of hydrogen-bond acceptors (Lipinski definition) is 5. The van der Waals surface area contributed by atoms with Gasteiger partial charge in [0.2, 0.25) is 0 Å². The van der Waals surface area contributed by atoms with E-state index in [0.717, 1.165) is 41.0 Å². The maximum Gasteiger partial charge on any atom is 0.255 e. The lowest BCUT2D eigenvalue weighted by atomic mass is 10.1. The number of nitrogens with one attached hydrogen (secondary N) is 1. The van der Waals surface area contributed by atoms with Crippen molar-refractivity contribution in [2.24, 2.45) is 0 Å². The van der Waals surface area contributed by atoms with Gasteiger partial charge in [0.1, 0.15) is 34.4 Å². The molecular formula is C26H26FN5O2. The Bertz CT molecular complexity index is 1340. The maximum atomic E-state index is 13.6. The third-order valence-electron chi connectivity index (χ3n) is 6.42. The number of hydrogen-bond donors (Lipinski definition) is 2. The number of carbonyl (C=O) groups excluding carboxylic acids is 1. The summed E-state index contributed by atoms with van der Waals surface area (Å²) in [5.41, 5.74) is 9.88. The molecule has 1 aliphatic carbocycles. The molecule has 0 aliphatic heterocycles. The zero-order valence-electron chi connectivity index (χ0n) is 18.9. The van der Waals surface area contributed by atoms with Gasteiger partial charge in [-0.2, -0.15) is 0 Å². The largest absolute Gasteiger partial charge is 0.496 e. The maximum absolute atomic E-state index is 13.6. The molecule has 174 valence electrons. The summed E-state index contributed by atoms with van der Waals surface area (Å²) >= 11 is 0. The highest BCUT2D eigenvalue weighted by Crippen LogP contribution is 2.37. The Labute approximate surface area is 196 Å². The molecular weight excluding hydrogens is 433 g/mol. The summed E-state index contributed by atoms with van der Waals surface area (Å²) in [7, 11) is 1.45. The van der Waals surface area contributed by atoms with E-state index < -0.39 is 11.7 Å². The molecule has 1 saturated carbocycles. The molecule has 2 heterocycles. The first kappa shape index (κ1) is 21.9. The van der Waals surface area contributed by atoms with Gasteiger partial charge in [0, 0.05) is 30.4 Å². The van der Waals surface area contributed by atoms with Gasteiger partial charge >= 0.3 is 0 Å². The van der Waals surface area contributed by atoms with Crippen LogP contribution in [-0.2, 0) is 6.54 Å². The lowest BCUT2D eigenvalue weighted by Gasteiger charge is -2.10. The Morgan fingerprint density at radius 2 is 1.97 bits per heavy atom. The number of fused-ring (bicyclic) bond motifs is 1. The summed E-state index contributed by atoms with van der Waals surface area (Å²) in [5.74, 6) is 1.35. The molecule has 5 rings (SSSR count). The van der Waals surface area contributed by atoms with Crippen LogP contribution in [0, 0.1) is 5.82 Å². The summed E-state index contributed by atoms with van der Waals surface area (Å²) in [5, 5.41) is 2.82. The topological polar surface area (TPSA) is 94.5 Å². The second-order valence-electron chi connectivity index (χ2n) is 8.56. The van der Waals surface area contributed by atoms with Crippen LogP contribution < -0.4 is 15.8 Å². The molecule has 0 atom stereocenters. The van der Waals surface area contributed by atoms with E-state index in [9.17, 15) is 9.18 Å². The van der Waals surface area contributed by atoms with Crippen LogP contribution in [0.3, 0.4) is 0 Å². The molecule has 7 nitrogen and oxygen atoms in total. The van der Waals surface area contributed by atoms with Crippen LogP contribution in [0.1, 0.15) is 53.3 Å². The SMILES string of the molecule is COc1ccc(F)cc1C(=O)NCc1ccc(-c2nc(C3CCCC3)n3ccnc(N)c23)cc1. The molecule has 1 fully saturated rings. The van der Waals surface area contributed by atoms with Crippen LogP contribution in [-0.4, -0.2) is 27.4 Å². The molecule has 8 heteroatoms. The first-order chi connectivity index (χ1) is 16.5. The number of anilines is 1. The van der Waals surface area contributed by atoms with Crippen molar-refractivity contribution in [3.63, 3.8) is 0 Å². The number of benzene rings is 2. The number of rotatable bonds is 6. The summed E-state index contributed by atoms with van der Waals surface area (Å²) in [6.45, 7) is 0.291. The smallest absolute Gasteiger partial charge is 0.255 e. The molecule has 0 bridgehead atoms. The predicted molar refractivity (Wildman–Crippen MR) is 128 cm³/mol. The van der Waals surface area contributed by atoms with Gasteiger partial charge in [-0.15, -0.1) is 0 Å². The molecule has 0 unspecified atom stereocenters. The predicted octanol–water partition coefficient (Wildman–Crippen LogP) is 4.71. The quantitative estimate of drug-likeness (QED) is 0.435. The van der Waals surface area contributed by atoms with Crippen LogP contribution in [0.5, 0.6) is 5.75 Å². The molecule has 0 radical (unpaired) electrons. The van der Waals surface area contributed by atoms with Gasteiger partial charge in [0.15, 0.2) is 0 Å². The van der Waals surface area contributed by atoms with E-state index in [1.165, 1.54) is 38.2 Å². The van der Waals surface area contributed by atoms with Gasteiger partial charge in [-0.05, 0) is 36.6 Å². The van der Waals surface area contributed by atoms with Gasteiger partial charge in [-0.1, -0.05) is 37.1 Å². The second-order valence-corrected chi connectivity index (χ2v) is 8.56. The Hall–Kier alpha value is -3.94. The van der Waals surface area contributed by atoms with Crippen molar-refractivity contribution in [1.82, 2.24) is 19.7 Å². The summed E-state index contributed by atoms with van der Waals surface area (Å²) in [6, 6.07) is 11.7. The van der Waals surface area contributed by atoms with Crippen molar-refractivity contribution >= 4 is 17.2 Å². The van der Waals surface area contributed by atoms with E-state index in [-0.39, 0.29) is 5.56 Å². The minimum Gasteiger partial charge on any atom is -0.496 e. The number of halogens is 1. The average molecular weight is 460 g/mol. The number of aromatic nitrogens is 3. The van der Waals surface area contributed by atoms with Gasteiger partial charge in [0.25, 0.3) is 5.91 Å². The van der Waals surface area contributed by atoms with Crippen molar-refractivity contribution < 1.29 is 13.9 Å². The summed E-state index contributed by atoms with van der Waals surface area (Å²) < 4.78 is 20.8. The van der Waals surface area contributed by atoms with Crippen LogP contribution in [0.25, 0.3) is 16.8 Å². The highest BCUT2D eigenvalue weighted by Gasteiger charge is 2.25. The number of ether oxygens (including phenoxy) is 1. The highest BCUT2D eigenvalue weighted by molar-refractivity contribution is 5.97. The van der Waals surface area contributed by atoms with Gasteiger partial charge < -0.3 is 15.8 Å². The number of methoxy groups -OCH3 is 1. The van der Waals surface area contributed by atoms with Crippen molar-refractivity contribution in [2.75, 3.05) is 12.8 Å². The van der Waals surface area contributed by atoms with E-state index >= 15 is 0 Å². The molecule has 1 amide bonds. The first-order valence-corrected chi connectivity index (χ1v) is 11.4. The number of nitrogens with two attached hydrogens (primary N) is 1. The fraction of sp³-hybridized carbons (Fsp3) is 0.269. The van der Waals surface area contributed by atoms with Crippen molar-refractivity contribution in [2.45, 2.75) is 38.1 Å². The van der Waals surface area contributed by atoms with Crippen LogP contribution in [0.2, 0.25) is 0 Å². The normalized spacial score (nSPS) is 13.9. The molecule has 2 aromatic carbocycles. The van der Waals surface area contributed by atoms with Gasteiger partial charge in [0.05, 0.1) is 12.7 Å². The van der Waals surface area contributed by atoms with Gasteiger partial charge in [-0.25, -0.2) is 14.4 Å². The van der Waals surface area contributed by atoms with E-state index in [0.29, 0.717) is 24.0 Å². The number of amides is 1. The molecule has 2 aromatic heterocycles. The summed E-state index contributed by atoms with van der Waals surface area (Å²) in [4.78, 5) is 21.8. The fourth-order valence-electron chi connectivity index (χ4n) is 4.68. The number of nitrogens with zero attached hydrogens (tertiary/aromatic N) is 3. The Morgan fingerprint density at radius 1 is 1.21 bits per heavy atom. The second kappa shape index (κ2) is 9.13. The Morgan fingerprint density at radius 3 is 2.71 bits per heavy atom. The van der Waals surface area contributed by atoms with E-state index in [1.807, 2.05) is 30.5 Å². The molecule has 34 heavy (non-hydrogen) atoms. The fourth-order valence-corrected chi connectivity index (χ4v) is 4.68.